The number of benzene rings is 1. The summed E-state index contributed by atoms with van der Waals surface area (Å²) >= 11 is 0. The molecule has 0 heterocycles. The van der Waals surface area contributed by atoms with Gasteiger partial charge in [0.1, 0.15) is 0 Å². The third-order valence-corrected chi connectivity index (χ3v) is 6.25. The zero-order valence-electron chi connectivity index (χ0n) is 22.3. The number of rotatable bonds is 20. The molecule has 194 valence electrons. The van der Waals surface area contributed by atoms with Crippen LogP contribution in [0.1, 0.15) is 98.8 Å². The van der Waals surface area contributed by atoms with Gasteiger partial charge in [0.2, 0.25) is 0 Å². The van der Waals surface area contributed by atoms with E-state index in [4.69, 9.17) is 0 Å². The van der Waals surface area contributed by atoms with Gasteiger partial charge in [0.05, 0.1) is 0 Å². The van der Waals surface area contributed by atoms with E-state index < -0.39 is 0 Å². The second-order valence-corrected chi connectivity index (χ2v) is 9.52. The van der Waals surface area contributed by atoms with Crippen molar-refractivity contribution in [3.05, 3.63) is 35.4 Å². The predicted molar refractivity (Wildman–Crippen MR) is 144 cm³/mol. The molecule has 0 spiro atoms. The van der Waals surface area contributed by atoms with Gasteiger partial charge in [0.25, 0.3) is 11.8 Å². The maximum atomic E-state index is 12.4. The van der Waals surface area contributed by atoms with Crippen LogP contribution in [0.5, 0.6) is 0 Å². The van der Waals surface area contributed by atoms with Crippen LogP contribution in [-0.4, -0.2) is 75.0 Å². The molecule has 1 aromatic rings. The van der Waals surface area contributed by atoms with E-state index >= 15 is 0 Å². The van der Waals surface area contributed by atoms with Crippen molar-refractivity contribution in [1.82, 2.24) is 20.4 Å². The number of nitrogens with one attached hydrogen (secondary N) is 2. The van der Waals surface area contributed by atoms with Crippen molar-refractivity contribution < 1.29 is 9.59 Å². The van der Waals surface area contributed by atoms with Gasteiger partial charge < -0.3 is 20.4 Å². The first-order chi connectivity index (χ1) is 16.5. The highest BCUT2D eigenvalue weighted by molar-refractivity contribution is 5.97. The monoisotopic (exact) mass is 474 g/mol. The molecule has 0 aromatic heterocycles. The molecule has 1 rings (SSSR count). The lowest BCUT2D eigenvalue weighted by molar-refractivity contribution is 0.0938. The van der Waals surface area contributed by atoms with E-state index in [1.165, 1.54) is 64.2 Å². The van der Waals surface area contributed by atoms with Crippen molar-refractivity contribution in [2.75, 3.05) is 53.4 Å². The third kappa shape index (κ3) is 14.4. The normalized spacial score (nSPS) is 11.2. The predicted octanol–water partition coefficient (Wildman–Crippen LogP) is 4.95. The van der Waals surface area contributed by atoms with Crippen LogP contribution in [-0.2, 0) is 0 Å². The summed E-state index contributed by atoms with van der Waals surface area (Å²) in [7, 11) is 4.20. The van der Waals surface area contributed by atoms with Crippen LogP contribution in [0.15, 0.2) is 24.3 Å². The minimum Gasteiger partial charge on any atom is -0.351 e. The van der Waals surface area contributed by atoms with Gasteiger partial charge in [-0.25, -0.2) is 0 Å². The molecule has 6 heteroatoms. The number of unbranched alkanes of at least 4 members (excludes halogenated alkanes) is 8. The molecule has 2 amide bonds. The summed E-state index contributed by atoms with van der Waals surface area (Å²) in [5.74, 6) is -0.187. The second-order valence-electron chi connectivity index (χ2n) is 9.52. The van der Waals surface area contributed by atoms with Crippen molar-refractivity contribution in [3.8, 4) is 0 Å². The topological polar surface area (TPSA) is 64.7 Å². The number of amides is 2. The SMILES string of the molecule is CCCCCCCN(C)CCNC(=O)c1ccc(C(=O)NCCN(C)CCCCCCC)cc1. The number of likely N-dealkylation sites (N-methyl/N-ethyl adjacent to an activating group) is 2. The van der Waals surface area contributed by atoms with E-state index in [0.29, 0.717) is 24.2 Å². The Morgan fingerprint density at radius 3 is 1.29 bits per heavy atom. The summed E-state index contributed by atoms with van der Waals surface area (Å²) in [5.41, 5.74) is 1.17. The van der Waals surface area contributed by atoms with E-state index in [-0.39, 0.29) is 11.8 Å². The van der Waals surface area contributed by atoms with E-state index in [1.807, 2.05) is 0 Å². The van der Waals surface area contributed by atoms with Crippen LogP contribution in [0.2, 0.25) is 0 Å². The Hall–Kier alpha value is -1.92. The molecule has 34 heavy (non-hydrogen) atoms. The summed E-state index contributed by atoms with van der Waals surface area (Å²) in [6.45, 7) is 9.53. The molecule has 0 unspecified atom stereocenters. The van der Waals surface area contributed by atoms with E-state index in [0.717, 1.165) is 26.2 Å². The molecule has 0 fully saturated rings. The van der Waals surface area contributed by atoms with Crippen LogP contribution < -0.4 is 10.6 Å². The molecular formula is C28H50N4O2. The Labute approximate surface area is 208 Å². The lowest BCUT2D eigenvalue weighted by Crippen LogP contribution is -2.34. The van der Waals surface area contributed by atoms with Gasteiger partial charge in [-0.3, -0.25) is 9.59 Å². The van der Waals surface area contributed by atoms with Crippen LogP contribution in [0.25, 0.3) is 0 Å². The van der Waals surface area contributed by atoms with Crippen molar-refractivity contribution in [1.29, 1.82) is 0 Å². The van der Waals surface area contributed by atoms with Gasteiger partial charge in [0, 0.05) is 37.3 Å². The molecule has 0 saturated carbocycles. The second kappa shape index (κ2) is 19.4. The fourth-order valence-electron chi connectivity index (χ4n) is 3.89. The van der Waals surface area contributed by atoms with Crippen molar-refractivity contribution >= 4 is 11.8 Å². The smallest absolute Gasteiger partial charge is 0.251 e. The maximum absolute atomic E-state index is 12.4. The van der Waals surface area contributed by atoms with Gasteiger partial charge in [-0.2, -0.15) is 0 Å². The first kappa shape index (κ1) is 30.1. The Kier molecular flexibility index (Phi) is 17.2. The molecular weight excluding hydrogens is 424 g/mol. The maximum Gasteiger partial charge on any atom is 0.251 e. The van der Waals surface area contributed by atoms with Gasteiger partial charge in [0.15, 0.2) is 0 Å². The number of hydrogen-bond acceptors (Lipinski definition) is 4. The molecule has 0 aliphatic carbocycles. The van der Waals surface area contributed by atoms with E-state index in [9.17, 15) is 9.59 Å². The zero-order chi connectivity index (χ0) is 25.0. The highest BCUT2D eigenvalue weighted by Crippen LogP contribution is 2.06. The van der Waals surface area contributed by atoms with Gasteiger partial charge in [-0.15, -0.1) is 0 Å². The lowest BCUT2D eigenvalue weighted by atomic mass is 10.1. The molecule has 0 aliphatic rings. The molecule has 0 radical (unpaired) electrons. The standard InChI is InChI=1S/C28H50N4O2/c1-5-7-9-11-13-21-31(3)23-19-29-27(33)25-15-17-26(18-16-25)28(34)30-20-24-32(4)22-14-12-10-8-6-2/h15-18H,5-14,19-24H2,1-4H3,(H,29,33)(H,30,34). The molecule has 6 nitrogen and oxygen atoms in total. The molecule has 0 bridgehead atoms. The van der Waals surface area contributed by atoms with E-state index in [2.05, 4.69) is 48.4 Å². The Morgan fingerprint density at radius 1 is 0.588 bits per heavy atom. The van der Waals surface area contributed by atoms with E-state index in [1.54, 1.807) is 24.3 Å². The Bertz CT molecular complexity index is 606. The largest absolute Gasteiger partial charge is 0.351 e. The van der Waals surface area contributed by atoms with Gasteiger partial charge in [-0.1, -0.05) is 65.2 Å². The van der Waals surface area contributed by atoms with Gasteiger partial charge >= 0.3 is 0 Å². The Morgan fingerprint density at radius 2 is 0.941 bits per heavy atom. The molecule has 0 aliphatic heterocycles. The number of carbonyl (C=O) groups excluding carboxylic acids is 2. The average Bonchev–Trinajstić information content (AvgIpc) is 2.83. The quantitative estimate of drug-likeness (QED) is 0.263. The number of hydrogen-bond donors (Lipinski definition) is 2. The summed E-state index contributed by atoms with van der Waals surface area (Å²) in [4.78, 5) is 29.3. The van der Waals surface area contributed by atoms with Crippen molar-refractivity contribution in [2.45, 2.75) is 78.1 Å². The number of nitrogens with zero attached hydrogens (tertiary/aromatic N) is 2. The van der Waals surface area contributed by atoms with Gasteiger partial charge in [-0.05, 0) is 64.3 Å². The summed E-state index contributed by atoms with van der Waals surface area (Å²) in [6, 6.07) is 6.91. The average molecular weight is 475 g/mol. The minimum absolute atomic E-state index is 0.0936. The van der Waals surface area contributed by atoms with Crippen LogP contribution in [0.3, 0.4) is 0 Å². The first-order valence-electron chi connectivity index (χ1n) is 13.5. The van der Waals surface area contributed by atoms with Crippen molar-refractivity contribution in [2.24, 2.45) is 0 Å². The fourth-order valence-corrected chi connectivity index (χ4v) is 3.89. The highest BCUT2D eigenvalue weighted by atomic mass is 16.2. The lowest BCUT2D eigenvalue weighted by Gasteiger charge is -2.17. The number of carbonyl (C=O) groups is 2. The molecule has 2 N–H and O–H groups in total. The summed E-state index contributed by atoms with van der Waals surface area (Å²) in [6.07, 6.45) is 12.8. The summed E-state index contributed by atoms with van der Waals surface area (Å²) in [5, 5.41) is 5.95. The summed E-state index contributed by atoms with van der Waals surface area (Å²) < 4.78 is 0. The van der Waals surface area contributed by atoms with Crippen LogP contribution >= 0.6 is 0 Å². The molecule has 0 saturated heterocycles. The van der Waals surface area contributed by atoms with Crippen LogP contribution in [0, 0.1) is 0 Å². The third-order valence-electron chi connectivity index (χ3n) is 6.25. The highest BCUT2D eigenvalue weighted by Gasteiger charge is 2.09. The van der Waals surface area contributed by atoms with Crippen LogP contribution in [0.4, 0.5) is 0 Å². The van der Waals surface area contributed by atoms with Crippen molar-refractivity contribution in [3.63, 3.8) is 0 Å². The minimum atomic E-state index is -0.0936. The fraction of sp³-hybridized carbons (Fsp3) is 0.714. The first-order valence-corrected chi connectivity index (χ1v) is 13.5. The Balaban J connectivity index is 2.23. The zero-order valence-corrected chi connectivity index (χ0v) is 22.3. The molecule has 1 aromatic carbocycles. The molecule has 0 atom stereocenters.